The maximum atomic E-state index is 6.30. The van der Waals surface area contributed by atoms with Crippen LogP contribution in [0.15, 0.2) is 18.3 Å². The van der Waals surface area contributed by atoms with E-state index < -0.39 is 0 Å². The summed E-state index contributed by atoms with van der Waals surface area (Å²) in [5.74, 6) is 0.723. The molecule has 1 saturated heterocycles. The maximum absolute atomic E-state index is 6.30. The molecule has 1 N–H and O–H groups in total. The number of aromatic nitrogens is 1. The highest BCUT2D eigenvalue weighted by atomic mass is 35.5. The maximum Gasteiger partial charge on any atom is 0.133 e. The summed E-state index contributed by atoms with van der Waals surface area (Å²) >= 11 is 6.30. The fourth-order valence-electron chi connectivity index (χ4n) is 2.67. The number of nitrogens with one attached hydrogen (secondary N) is 1. The third-order valence-electron chi connectivity index (χ3n) is 3.76. The van der Waals surface area contributed by atoms with Crippen molar-refractivity contribution in [1.82, 2.24) is 15.2 Å². The molecule has 1 aromatic rings. The molecule has 4 heteroatoms. The third kappa shape index (κ3) is 4.16. The fourth-order valence-corrected chi connectivity index (χ4v) is 2.91. The van der Waals surface area contributed by atoms with Gasteiger partial charge in [-0.15, -0.1) is 0 Å². The van der Waals surface area contributed by atoms with Crippen molar-refractivity contribution in [2.45, 2.75) is 32.7 Å². The SMILES string of the molecule is CC(C)CC[C@H](c1cccnc1Cl)N1CCNCC1. The summed E-state index contributed by atoms with van der Waals surface area (Å²) in [4.78, 5) is 6.79. The molecule has 1 atom stereocenters. The molecule has 1 aliphatic rings. The molecule has 1 fully saturated rings. The summed E-state index contributed by atoms with van der Waals surface area (Å²) in [6, 6.07) is 4.53. The molecule has 0 spiro atoms. The quantitative estimate of drug-likeness (QED) is 0.841. The Labute approximate surface area is 121 Å². The van der Waals surface area contributed by atoms with Crippen LogP contribution >= 0.6 is 11.6 Å². The first-order valence-corrected chi connectivity index (χ1v) is 7.61. The van der Waals surface area contributed by atoms with Crippen molar-refractivity contribution in [3.05, 3.63) is 29.0 Å². The second-order valence-electron chi connectivity index (χ2n) is 5.66. The number of halogens is 1. The van der Waals surface area contributed by atoms with Crippen LogP contribution in [0.2, 0.25) is 5.15 Å². The Bertz CT molecular complexity index is 389. The van der Waals surface area contributed by atoms with Crippen LogP contribution < -0.4 is 5.32 Å². The molecule has 106 valence electrons. The van der Waals surface area contributed by atoms with Gasteiger partial charge in [-0.3, -0.25) is 4.90 Å². The zero-order valence-corrected chi connectivity index (χ0v) is 12.7. The summed E-state index contributed by atoms with van der Waals surface area (Å²) < 4.78 is 0. The second kappa shape index (κ2) is 7.22. The van der Waals surface area contributed by atoms with Gasteiger partial charge in [-0.1, -0.05) is 31.5 Å². The van der Waals surface area contributed by atoms with Gasteiger partial charge in [0, 0.05) is 44.0 Å². The van der Waals surface area contributed by atoms with E-state index in [0.717, 1.165) is 38.5 Å². The minimum atomic E-state index is 0.408. The molecule has 0 amide bonds. The lowest BCUT2D eigenvalue weighted by Gasteiger charge is -2.35. The highest BCUT2D eigenvalue weighted by Gasteiger charge is 2.24. The first-order chi connectivity index (χ1) is 9.18. The number of hydrogen-bond donors (Lipinski definition) is 1. The van der Waals surface area contributed by atoms with Crippen molar-refractivity contribution >= 4 is 11.6 Å². The molecule has 2 rings (SSSR count). The van der Waals surface area contributed by atoms with Crippen molar-refractivity contribution in [3.8, 4) is 0 Å². The zero-order chi connectivity index (χ0) is 13.7. The number of rotatable bonds is 5. The van der Waals surface area contributed by atoms with Gasteiger partial charge in [-0.25, -0.2) is 4.98 Å². The van der Waals surface area contributed by atoms with Crippen LogP contribution in [-0.4, -0.2) is 36.1 Å². The highest BCUT2D eigenvalue weighted by molar-refractivity contribution is 6.30. The van der Waals surface area contributed by atoms with E-state index in [1.807, 2.05) is 6.07 Å². The van der Waals surface area contributed by atoms with Crippen molar-refractivity contribution < 1.29 is 0 Å². The average Bonchev–Trinajstić information content (AvgIpc) is 2.42. The molecule has 0 radical (unpaired) electrons. The molecule has 1 aromatic heterocycles. The fraction of sp³-hybridized carbons (Fsp3) is 0.667. The van der Waals surface area contributed by atoms with Crippen LogP contribution in [0.5, 0.6) is 0 Å². The lowest BCUT2D eigenvalue weighted by molar-refractivity contribution is 0.159. The van der Waals surface area contributed by atoms with Gasteiger partial charge in [0.15, 0.2) is 0 Å². The normalized spacial score (nSPS) is 18.7. The first-order valence-electron chi connectivity index (χ1n) is 7.23. The Morgan fingerprint density at radius 3 is 2.68 bits per heavy atom. The number of nitrogens with zero attached hydrogens (tertiary/aromatic N) is 2. The molecule has 1 aliphatic heterocycles. The van der Waals surface area contributed by atoms with Crippen molar-refractivity contribution in [2.24, 2.45) is 5.92 Å². The molecule has 2 heterocycles. The molecule has 3 nitrogen and oxygen atoms in total. The van der Waals surface area contributed by atoms with E-state index in [1.54, 1.807) is 6.20 Å². The molecule has 0 bridgehead atoms. The Kier molecular flexibility index (Phi) is 5.61. The van der Waals surface area contributed by atoms with E-state index in [0.29, 0.717) is 11.2 Å². The zero-order valence-electron chi connectivity index (χ0n) is 11.9. The van der Waals surface area contributed by atoms with Crippen LogP contribution in [-0.2, 0) is 0 Å². The van der Waals surface area contributed by atoms with Gasteiger partial charge in [0.25, 0.3) is 0 Å². The van der Waals surface area contributed by atoms with E-state index in [9.17, 15) is 0 Å². The average molecular weight is 282 g/mol. The van der Waals surface area contributed by atoms with Crippen molar-refractivity contribution in [2.75, 3.05) is 26.2 Å². The highest BCUT2D eigenvalue weighted by Crippen LogP contribution is 2.31. The summed E-state index contributed by atoms with van der Waals surface area (Å²) in [5, 5.41) is 4.07. The van der Waals surface area contributed by atoms with E-state index in [4.69, 9.17) is 11.6 Å². The van der Waals surface area contributed by atoms with E-state index in [2.05, 4.69) is 35.1 Å². The largest absolute Gasteiger partial charge is 0.314 e. The summed E-state index contributed by atoms with van der Waals surface area (Å²) in [5.41, 5.74) is 1.19. The van der Waals surface area contributed by atoms with Gasteiger partial charge in [-0.05, 0) is 24.8 Å². The van der Waals surface area contributed by atoms with Gasteiger partial charge in [0.1, 0.15) is 5.15 Å². The Morgan fingerprint density at radius 2 is 2.05 bits per heavy atom. The van der Waals surface area contributed by atoms with E-state index in [-0.39, 0.29) is 0 Å². The van der Waals surface area contributed by atoms with Crippen LogP contribution in [0.25, 0.3) is 0 Å². The number of hydrogen-bond acceptors (Lipinski definition) is 3. The van der Waals surface area contributed by atoms with E-state index >= 15 is 0 Å². The molecule has 0 unspecified atom stereocenters. The minimum absolute atomic E-state index is 0.408. The molecular formula is C15H24ClN3. The summed E-state index contributed by atoms with van der Waals surface area (Å²) in [6.07, 6.45) is 4.14. The van der Waals surface area contributed by atoms with Gasteiger partial charge < -0.3 is 5.32 Å². The standard InChI is InChI=1S/C15H24ClN3/c1-12(2)5-6-14(19-10-8-17-9-11-19)13-4-3-7-18-15(13)16/h3-4,7,12,14,17H,5-6,8-11H2,1-2H3/t14-/m1/s1. The van der Waals surface area contributed by atoms with Gasteiger partial charge in [0.2, 0.25) is 0 Å². The third-order valence-corrected chi connectivity index (χ3v) is 4.07. The molecular weight excluding hydrogens is 258 g/mol. The molecule has 0 aromatic carbocycles. The van der Waals surface area contributed by atoms with Gasteiger partial charge in [-0.2, -0.15) is 0 Å². The lowest BCUT2D eigenvalue weighted by Crippen LogP contribution is -2.45. The molecule has 0 aliphatic carbocycles. The Morgan fingerprint density at radius 1 is 1.32 bits per heavy atom. The molecule has 0 saturated carbocycles. The van der Waals surface area contributed by atoms with Crippen LogP contribution in [0.1, 0.15) is 38.3 Å². The topological polar surface area (TPSA) is 28.2 Å². The van der Waals surface area contributed by atoms with Gasteiger partial charge in [0.05, 0.1) is 0 Å². The minimum Gasteiger partial charge on any atom is -0.314 e. The second-order valence-corrected chi connectivity index (χ2v) is 6.01. The number of pyridine rings is 1. The predicted molar refractivity (Wildman–Crippen MR) is 80.5 cm³/mol. The van der Waals surface area contributed by atoms with E-state index in [1.165, 1.54) is 12.0 Å². The monoisotopic (exact) mass is 281 g/mol. The summed E-state index contributed by atoms with van der Waals surface area (Å²) in [7, 11) is 0. The van der Waals surface area contributed by atoms with Crippen LogP contribution in [0.3, 0.4) is 0 Å². The van der Waals surface area contributed by atoms with Crippen LogP contribution in [0.4, 0.5) is 0 Å². The predicted octanol–water partition coefficient (Wildman–Crippen LogP) is 3.12. The molecule has 19 heavy (non-hydrogen) atoms. The summed E-state index contributed by atoms with van der Waals surface area (Å²) in [6.45, 7) is 8.87. The van der Waals surface area contributed by atoms with Crippen molar-refractivity contribution in [3.63, 3.8) is 0 Å². The lowest BCUT2D eigenvalue weighted by atomic mass is 9.97. The van der Waals surface area contributed by atoms with Crippen molar-refractivity contribution in [1.29, 1.82) is 0 Å². The van der Waals surface area contributed by atoms with Gasteiger partial charge >= 0.3 is 0 Å². The Hall–Kier alpha value is -0.640. The van der Waals surface area contributed by atoms with Crippen LogP contribution in [0, 0.1) is 5.92 Å². The smallest absolute Gasteiger partial charge is 0.133 e. The Balaban J connectivity index is 2.15. The first kappa shape index (κ1) is 14.8. The number of piperazine rings is 1.